The number of rotatable bonds is 15. The van der Waals surface area contributed by atoms with Crippen molar-refractivity contribution in [3.63, 3.8) is 0 Å². The van der Waals surface area contributed by atoms with E-state index in [9.17, 15) is 9.59 Å². The zero-order valence-corrected chi connectivity index (χ0v) is 29.7. The molecule has 258 valence electrons. The molecule has 0 aliphatic carbocycles. The van der Waals surface area contributed by atoms with Crippen LogP contribution in [-0.2, 0) is 24.1 Å². The Morgan fingerprint density at radius 2 is 1.72 bits per heavy atom. The topological polar surface area (TPSA) is 99.1 Å². The molecule has 3 aromatic rings. The van der Waals surface area contributed by atoms with E-state index in [1.165, 1.54) is 66.4 Å². The van der Waals surface area contributed by atoms with E-state index in [1.807, 2.05) is 30.0 Å². The van der Waals surface area contributed by atoms with Gasteiger partial charge in [-0.25, -0.2) is 14.8 Å². The molecule has 0 spiro atoms. The molecule has 9 nitrogen and oxygen atoms in total. The van der Waals surface area contributed by atoms with Gasteiger partial charge >= 0.3 is 6.09 Å². The lowest BCUT2D eigenvalue weighted by Gasteiger charge is -2.34. The van der Waals surface area contributed by atoms with Gasteiger partial charge in [0.25, 0.3) is 0 Å². The lowest BCUT2D eigenvalue weighted by molar-refractivity contribution is -0.110. The number of carbonyl (C=O) groups is 2. The van der Waals surface area contributed by atoms with Crippen LogP contribution in [0.4, 0.5) is 10.5 Å². The average molecular weight is 648 g/mol. The number of carboxylic acid groups (broad SMARTS) is 1. The van der Waals surface area contributed by atoms with E-state index in [-0.39, 0.29) is 18.6 Å². The first-order valence-corrected chi connectivity index (χ1v) is 17.1. The molecule has 0 saturated carbocycles. The predicted molar refractivity (Wildman–Crippen MR) is 192 cm³/mol. The molecule has 9 heteroatoms. The van der Waals surface area contributed by atoms with Gasteiger partial charge in [-0.3, -0.25) is 9.80 Å². The fourth-order valence-electron chi connectivity index (χ4n) is 5.22. The van der Waals surface area contributed by atoms with Crippen molar-refractivity contribution in [2.75, 3.05) is 45.2 Å². The molecule has 2 unspecified atom stereocenters. The summed E-state index contributed by atoms with van der Waals surface area (Å²) in [5.74, 6) is 2.04. The highest BCUT2D eigenvalue weighted by Crippen LogP contribution is 2.29. The monoisotopic (exact) mass is 647 g/mol. The second-order valence-corrected chi connectivity index (χ2v) is 12.1. The molecule has 1 aliphatic rings. The van der Waals surface area contributed by atoms with E-state index in [0.717, 1.165) is 43.9 Å². The van der Waals surface area contributed by atoms with Crippen LogP contribution >= 0.6 is 0 Å². The Morgan fingerprint density at radius 3 is 2.34 bits per heavy atom. The van der Waals surface area contributed by atoms with Gasteiger partial charge in [0.15, 0.2) is 0 Å². The number of aldehydes is 1. The number of unbranched alkanes of at least 4 members (excludes halogenated alkanes) is 2. The second-order valence-electron chi connectivity index (χ2n) is 12.1. The molecule has 0 saturated heterocycles. The number of hydrogen-bond donors (Lipinski definition) is 1. The third-order valence-corrected chi connectivity index (χ3v) is 8.44. The first-order valence-electron chi connectivity index (χ1n) is 17.1. The summed E-state index contributed by atoms with van der Waals surface area (Å²) in [5.41, 5.74) is 5.23. The van der Waals surface area contributed by atoms with Gasteiger partial charge in [-0.15, -0.1) is 0 Å². The van der Waals surface area contributed by atoms with Crippen LogP contribution in [0.25, 0.3) is 0 Å². The average Bonchev–Trinajstić information content (AvgIpc) is 3.58. The number of aromatic nitrogens is 2. The minimum absolute atomic E-state index is 0.186. The van der Waals surface area contributed by atoms with E-state index in [4.69, 9.17) is 9.84 Å². The number of aryl methyl sites for hydroxylation is 2. The Morgan fingerprint density at radius 1 is 1.00 bits per heavy atom. The molecule has 4 rings (SSSR count). The molecule has 1 aliphatic heterocycles. The molecule has 1 aromatic heterocycles. The smallest absolute Gasteiger partial charge is 0.408 e. The van der Waals surface area contributed by atoms with Gasteiger partial charge in [0, 0.05) is 58.1 Å². The summed E-state index contributed by atoms with van der Waals surface area (Å²) in [4.78, 5) is 35.5. The molecule has 1 N–H and O–H groups in total. The van der Waals surface area contributed by atoms with Crippen LogP contribution in [0.5, 0.6) is 5.75 Å². The van der Waals surface area contributed by atoms with E-state index in [2.05, 4.69) is 73.0 Å². The van der Waals surface area contributed by atoms with Crippen LogP contribution in [0.15, 0.2) is 60.9 Å². The number of ether oxygens (including phenoxy) is 1. The summed E-state index contributed by atoms with van der Waals surface area (Å²) in [5, 5.41) is 9.12. The maximum atomic E-state index is 11.1. The minimum Gasteiger partial charge on any atom is -0.493 e. The molecule has 0 bridgehead atoms. The lowest BCUT2D eigenvalue weighted by Crippen LogP contribution is -2.48. The Bertz CT molecular complexity index is 1320. The summed E-state index contributed by atoms with van der Waals surface area (Å²) in [6.45, 7) is 13.1. The minimum atomic E-state index is -1.00. The first kappa shape index (κ1) is 39.2. The zero-order valence-electron chi connectivity index (χ0n) is 29.7. The molecule has 2 atom stereocenters. The highest BCUT2D eigenvalue weighted by Gasteiger charge is 2.24. The van der Waals surface area contributed by atoms with Crippen LogP contribution in [0, 0.1) is 0 Å². The van der Waals surface area contributed by atoms with E-state index >= 15 is 0 Å². The normalized spacial score (nSPS) is 12.8. The first-order chi connectivity index (χ1) is 22.6. The number of amides is 1. The lowest BCUT2D eigenvalue weighted by atomic mass is 9.97. The number of nitrogens with zero attached hydrogens (tertiary/aromatic N) is 5. The van der Waals surface area contributed by atoms with Crippen molar-refractivity contribution in [2.45, 2.75) is 91.6 Å². The number of fused-ring (bicyclic) bond motifs is 1. The molecular formula is C38H57N5O4. The fraction of sp³-hybridized carbons (Fsp3) is 0.526. The van der Waals surface area contributed by atoms with E-state index in [1.54, 1.807) is 19.3 Å². The molecule has 2 aromatic carbocycles. The van der Waals surface area contributed by atoms with Crippen LogP contribution < -0.4 is 9.64 Å². The van der Waals surface area contributed by atoms with Crippen LogP contribution in [-0.4, -0.2) is 83.8 Å². The molecule has 0 radical (unpaired) electrons. The Kier molecular flexibility index (Phi) is 18.1. The maximum Gasteiger partial charge on any atom is 0.408 e. The number of anilines is 1. The largest absolute Gasteiger partial charge is 0.493 e. The molecule has 0 fully saturated rings. The number of benzene rings is 2. The summed E-state index contributed by atoms with van der Waals surface area (Å²) in [6, 6.07) is 17.0. The van der Waals surface area contributed by atoms with Gasteiger partial charge in [-0.05, 0) is 73.1 Å². The number of carbonyl (C=O) groups excluding carboxylic acids is 1. The maximum absolute atomic E-state index is 11.1. The van der Waals surface area contributed by atoms with Crippen molar-refractivity contribution in [1.29, 1.82) is 0 Å². The van der Waals surface area contributed by atoms with Crippen molar-refractivity contribution in [3.8, 4) is 5.75 Å². The van der Waals surface area contributed by atoms with Gasteiger partial charge in [-0.2, -0.15) is 0 Å². The van der Waals surface area contributed by atoms with E-state index < -0.39 is 6.09 Å². The molecule has 47 heavy (non-hydrogen) atoms. The molecule has 2 heterocycles. The van der Waals surface area contributed by atoms with Crippen molar-refractivity contribution in [2.24, 2.45) is 0 Å². The van der Waals surface area contributed by atoms with Crippen molar-refractivity contribution in [3.05, 3.63) is 83.4 Å². The van der Waals surface area contributed by atoms with Crippen molar-refractivity contribution < 1.29 is 19.4 Å². The van der Waals surface area contributed by atoms with Crippen LogP contribution in [0.2, 0.25) is 0 Å². The van der Waals surface area contributed by atoms with Gasteiger partial charge in [0.05, 0.1) is 19.3 Å². The van der Waals surface area contributed by atoms with Gasteiger partial charge < -0.3 is 19.5 Å². The van der Waals surface area contributed by atoms with Crippen molar-refractivity contribution in [1.82, 2.24) is 19.8 Å². The SMILES string of the molecule is CC(CN(CC=O)C(C)N(C)C(=O)O)c1ccc2c(c1)CCO2.CCCCc1cccc(N(C)CCCC)c1.CCc1ncccn1. The van der Waals surface area contributed by atoms with E-state index in [0.29, 0.717) is 6.54 Å². The van der Waals surface area contributed by atoms with Crippen molar-refractivity contribution >= 4 is 18.1 Å². The highest BCUT2D eigenvalue weighted by atomic mass is 16.5. The highest BCUT2D eigenvalue weighted by molar-refractivity contribution is 5.65. The van der Waals surface area contributed by atoms with Gasteiger partial charge in [0.1, 0.15) is 17.9 Å². The standard InChI is InChI=1S/C17H24N2O4.C15H25N.C6H8N2/c1-12(14-4-5-16-15(10-14)6-9-23-16)11-19(7-8-20)13(2)18(3)17(21)22;1-4-6-9-14-10-8-11-15(13-14)16(3)12-7-5-2;1-2-6-7-4-3-5-8-6/h4-5,8,10,12-13H,6-7,9,11H2,1-3H3,(H,21,22);8,10-11,13H,4-7,9,12H2,1-3H3;3-5H,2H2,1H3. The zero-order chi connectivity index (χ0) is 34.6. The fourth-order valence-corrected chi connectivity index (χ4v) is 5.22. The Balaban J connectivity index is 0.000000275. The quantitative estimate of drug-likeness (QED) is 0.134. The Hall–Kier alpha value is -3.98. The van der Waals surface area contributed by atoms with Crippen LogP contribution in [0.1, 0.15) is 88.7 Å². The second kappa shape index (κ2) is 21.7. The third-order valence-electron chi connectivity index (χ3n) is 8.44. The summed E-state index contributed by atoms with van der Waals surface area (Å²) in [7, 11) is 3.71. The predicted octanol–water partition coefficient (Wildman–Crippen LogP) is 7.49. The summed E-state index contributed by atoms with van der Waals surface area (Å²) < 4.78 is 5.52. The number of hydrogen-bond acceptors (Lipinski definition) is 7. The van der Waals surface area contributed by atoms with Crippen LogP contribution in [0.3, 0.4) is 0 Å². The van der Waals surface area contributed by atoms with Gasteiger partial charge in [-0.1, -0.05) is 64.8 Å². The summed E-state index contributed by atoms with van der Waals surface area (Å²) >= 11 is 0. The molecule has 1 amide bonds. The molecular weight excluding hydrogens is 590 g/mol. The Labute approximate surface area is 283 Å². The third kappa shape index (κ3) is 13.7. The van der Waals surface area contributed by atoms with Gasteiger partial charge in [0.2, 0.25) is 0 Å². The summed E-state index contributed by atoms with van der Waals surface area (Å²) in [6.07, 6.45) is 11.1.